The topological polar surface area (TPSA) is 56.8 Å². The number of hydrogen-bond donors (Lipinski definition) is 0. The number of nitriles is 2. The van der Waals surface area contributed by atoms with E-state index in [4.69, 9.17) is 15.3 Å². The average Bonchev–Trinajstić information content (AvgIpc) is 2.52. The van der Waals surface area contributed by atoms with Gasteiger partial charge in [-0.3, -0.25) is 0 Å². The number of ether oxygens (including phenoxy) is 1. The molecule has 0 bridgehead atoms. The van der Waals surface area contributed by atoms with Crippen molar-refractivity contribution in [2.45, 2.75) is 38.4 Å². The molecule has 0 atom stereocenters. The van der Waals surface area contributed by atoms with Gasteiger partial charge in [-0.05, 0) is 49.3 Å². The lowest BCUT2D eigenvalue weighted by molar-refractivity contribution is 0.0110. The highest BCUT2D eigenvalue weighted by atomic mass is 16.5. The first-order valence-electron chi connectivity index (χ1n) is 6.98. The smallest absolute Gasteiger partial charge is 0.0991 e. The van der Waals surface area contributed by atoms with Crippen LogP contribution >= 0.6 is 0 Å². The van der Waals surface area contributed by atoms with Crippen LogP contribution in [0.2, 0.25) is 0 Å². The molecule has 0 aliphatic heterocycles. The van der Waals surface area contributed by atoms with Crippen LogP contribution in [0.25, 0.3) is 0 Å². The molecule has 102 valence electrons. The highest BCUT2D eigenvalue weighted by molar-refractivity contribution is 5.31. The van der Waals surface area contributed by atoms with E-state index in [2.05, 4.69) is 6.07 Å². The number of rotatable bonds is 4. The average molecular weight is 266 g/mol. The molecule has 3 heteroatoms. The zero-order valence-electron chi connectivity index (χ0n) is 11.5. The second-order valence-corrected chi connectivity index (χ2v) is 5.14. The second kappa shape index (κ2) is 7.48. The highest BCUT2D eigenvalue weighted by Gasteiger charge is 2.19. The lowest BCUT2D eigenvalue weighted by atomic mass is 9.87. The third-order valence-electron chi connectivity index (χ3n) is 3.73. The Morgan fingerprint density at radius 2 is 1.80 bits per heavy atom. The first kappa shape index (κ1) is 14.3. The minimum absolute atomic E-state index is 0.317. The van der Waals surface area contributed by atoms with E-state index < -0.39 is 0 Å². The number of nitrogens with zero attached hydrogens (tertiary/aromatic N) is 2. The van der Waals surface area contributed by atoms with E-state index >= 15 is 0 Å². The molecule has 2 rings (SSSR count). The fourth-order valence-corrected chi connectivity index (χ4v) is 2.52. The molecule has 1 aliphatic carbocycles. The van der Waals surface area contributed by atoms with Crippen LogP contribution in [-0.4, -0.2) is 6.10 Å². The van der Waals surface area contributed by atoms with Gasteiger partial charge >= 0.3 is 0 Å². The van der Waals surface area contributed by atoms with E-state index in [1.807, 2.05) is 36.4 Å². The van der Waals surface area contributed by atoms with Crippen molar-refractivity contribution in [1.82, 2.24) is 0 Å². The van der Waals surface area contributed by atoms with Crippen LogP contribution in [0.1, 0.15) is 36.8 Å². The molecule has 1 fully saturated rings. The molecule has 1 aromatic rings. The summed E-state index contributed by atoms with van der Waals surface area (Å²) in [5, 5.41) is 17.3. The Kier molecular flexibility index (Phi) is 5.35. The summed E-state index contributed by atoms with van der Waals surface area (Å²) in [6.07, 6.45) is 8.21. The summed E-state index contributed by atoms with van der Waals surface area (Å²) < 4.78 is 5.92. The van der Waals surface area contributed by atoms with Gasteiger partial charge in [0.15, 0.2) is 0 Å². The standard InChI is InChI=1S/C17H18N2O/c18-11-1-2-14-7-9-17(10-8-14)20-13-16-5-3-15(12-19)4-6-16/h1-6,14,17H,7-10,13H2/b2-1+/t14-,17-. The minimum atomic E-state index is 0.317. The molecule has 0 aromatic heterocycles. The van der Waals surface area contributed by atoms with Gasteiger partial charge in [-0.1, -0.05) is 18.2 Å². The third-order valence-corrected chi connectivity index (χ3v) is 3.73. The quantitative estimate of drug-likeness (QED) is 0.780. The third kappa shape index (κ3) is 4.23. The van der Waals surface area contributed by atoms with Crippen molar-refractivity contribution in [3.63, 3.8) is 0 Å². The number of benzene rings is 1. The maximum Gasteiger partial charge on any atom is 0.0991 e. The molecular formula is C17H18N2O. The van der Waals surface area contributed by atoms with Crippen LogP contribution in [0.4, 0.5) is 0 Å². The van der Waals surface area contributed by atoms with Crippen molar-refractivity contribution in [2.75, 3.05) is 0 Å². The molecule has 1 saturated carbocycles. The number of hydrogen-bond acceptors (Lipinski definition) is 3. The summed E-state index contributed by atoms with van der Waals surface area (Å²) in [4.78, 5) is 0. The Balaban J connectivity index is 1.74. The molecule has 20 heavy (non-hydrogen) atoms. The summed E-state index contributed by atoms with van der Waals surface area (Å²) in [5.74, 6) is 0.532. The SMILES string of the molecule is N#C/C=C/[C@H]1CC[C@H](OCc2ccc(C#N)cc2)CC1. The predicted octanol–water partition coefficient (Wildman–Crippen LogP) is 3.71. The van der Waals surface area contributed by atoms with Crippen LogP contribution in [0, 0.1) is 28.6 Å². The van der Waals surface area contributed by atoms with Crippen LogP contribution < -0.4 is 0 Å². The second-order valence-electron chi connectivity index (χ2n) is 5.14. The van der Waals surface area contributed by atoms with Crippen molar-refractivity contribution in [3.05, 3.63) is 47.5 Å². The van der Waals surface area contributed by atoms with Crippen molar-refractivity contribution in [2.24, 2.45) is 5.92 Å². The first-order chi connectivity index (χ1) is 9.81. The van der Waals surface area contributed by atoms with Crippen molar-refractivity contribution in [1.29, 1.82) is 10.5 Å². The van der Waals surface area contributed by atoms with E-state index in [0.717, 1.165) is 31.2 Å². The van der Waals surface area contributed by atoms with E-state index in [9.17, 15) is 0 Å². The first-order valence-corrected chi connectivity index (χ1v) is 6.98. The normalized spacial score (nSPS) is 22.3. The van der Waals surface area contributed by atoms with Gasteiger partial charge in [-0.2, -0.15) is 10.5 Å². The van der Waals surface area contributed by atoms with Gasteiger partial charge in [0.1, 0.15) is 0 Å². The predicted molar refractivity (Wildman–Crippen MR) is 76.4 cm³/mol. The van der Waals surface area contributed by atoms with Gasteiger partial charge < -0.3 is 4.74 Å². The molecule has 0 N–H and O–H groups in total. The summed E-state index contributed by atoms with van der Waals surface area (Å²) >= 11 is 0. The fourth-order valence-electron chi connectivity index (χ4n) is 2.52. The van der Waals surface area contributed by atoms with Crippen molar-refractivity contribution >= 4 is 0 Å². The van der Waals surface area contributed by atoms with Gasteiger partial charge in [0.25, 0.3) is 0 Å². The molecule has 0 saturated heterocycles. The van der Waals surface area contributed by atoms with Gasteiger partial charge in [0.2, 0.25) is 0 Å². The molecule has 1 aliphatic rings. The Morgan fingerprint density at radius 1 is 1.10 bits per heavy atom. The van der Waals surface area contributed by atoms with Crippen molar-refractivity contribution < 1.29 is 4.74 Å². The molecular weight excluding hydrogens is 248 g/mol. The lowest BCUT2D eigenvalue weighted by Crippen LogP contribution is -2.20. The summed E-state index contributed by atoms with van der Waals surface area (Å²) in [6.45, 7) is 0.606. The lowest BCUT2D eigenvalue weighted by Gasteiger charge is -2.26. The zero-order chi connectivity index (χ0) is 14.2. The maximum absolute atomic E-state index is 8.74. The molecule has 0 radical (unpaired) electrons. The van der Waals surface area contributed by atoms with Gasteiger partial charge in [-0.15, -0.1) is 0 Å². The van der Waals surface area contributed by atoms with Crippen LogP contribution in [0.15, 0.2) is 36.4 Å². The van der Waals surface area contributed by atoms with E-state index in [1.165, 1.54) is 0 Å². The molecule has 1 aromatic carbocycles. The monoisotopic (exact) mass is 266 g/mol. The van der Waals surface area contributed by atoms with Crippen LogP contribution in [-0.2, 0) is 11.3 Å². The van der Waals surface area contributed by atoms with Crippen LogP contribution in [0.3, 0.4) is 0 Å². The Labute approximate surface area is 120 Å². The Bertz CT molecular complexity index is 526. The molecule has 0 heterocycles. The maximum atomic E-state index is 8.74. The summed E-state index contributed by atoms with van der Waals surface area (Å²) in [5.41, 5.74) is 1.79. The zero-order valence-corrected chi connectivity index (χ0v) is 11.5. The molecule has 0 unspecified atom stereocenters. The molecule has 3 nitrogen and oxygen atoms in total. The molecule has 0 spiro atoms. The van der Waals surface area contributed by atoms with E-state index in [-0.39, 0.29) is 0 Å². The fraction of sp³-hybridized carbons (Fsp3) is 0.412. The largest absolute Gasteiger partial charge is 0.374 e. The van der Waals surface area contributed by atoms with Gasteiger partial charge in [-0.25, -0.2) is 0 Å². The minimum Gasteiger partial charge on any atom is -0.374 e. The summed E-state index contributed by atoms with van der Waals surface area (Å²) in [6, 6.07) is 11.7. The molecule has 0 amide bonds. The Hall–Kier alpha value is -2.10. The number of allylic oxidation sites excluding steroid dienone is 2. The van der Waals surface area contributed by atoms with Gasteiger partial charge in [0.05, 0.1) is 30.4 Å². The van der Waals surface area contributed by atoms with E-state index in [1.54, 1.807) is 6.08 Å². The highest BCUT2D eigenvalue weighted by Crippen LogP contribution is 2.27. The van der Waals surface area contributed by atoms with Gasteiger partial charge in [0, 0.05) is 6.08 Å². The van der Waals surface area contributed by atoms with E-state index in [0.29, 0.717) is 24.2 Å². The van der Waals surface area contributed by atoms with Crippen molar-refractivity contribution in [3.8, 4) is 12.1 Å². The van der Waals surface area contributed by atoms with Crippen LogP contribution in [0.5, 0.6) is 0 Å². The summed E-state index contributed by atoms with van der Waals surface area (Å²) in [7, 11) is 0. The Morgan fingerprint density at radius 3 is 2.40 bits per heavy atom.